The van der Waals surface area contributed by atoms with E-state index in [-0.39, 0.29) is 35.8 Å². The van der Waals surface area contributed by atoms with Crippen LogP contribution in [0.15, 0.2) is 49.3 Å². The van der Waals surface area contributed by atoms with E-state index in [2.05, 4.69) is 43.3 Å². The van der Waals surface area contributed by atoms with Crippen molar-refractivity contribution in [1.29, 1.82) is 0 Å². The number of rotatable bonds is 12. The molecule has 1 atom stereocenters. The van der Waals surface area contributed by atoms with Crippen LogP contribution >= 0.6 is 19.9 Å². The summed E-state index contributed by atoms with van der Waals surface area (Å²) in [5.74, 6) is -1.06. The number of nitrogens with one attached hydrogen (secondary N) is 1. The summed E-state index contributed by atoms with van der Waals surface area (Å²) in [6, 6.07) is 8.99. The number of methoxy groups -OCH3 is 2. The summed E-state index contributed by atoms with van der Waals surface area (Å²) >= 11 is 6.33. The molecule has 2 amide bonds. The van der Waals surface area contributed by atoms with E-state index < -0.39 is 20.0 Å². The number of ether oxygens (including phenoxy) is 2. The zero-order valence-electron chi connectivity index (χ0n) is 26.9. The Morgan fingerprint density at radius 1 is 1.19 bits per heavy atom. The summed E-state index contributed by atoms with van der Waals surface area (Å²) in [4.78, 5) is 49.1. The lowest BCUT2D eigenvalue weighted by atomic mass is 10.0. The molecular weight excluding hydrogens is 670 g/mol. The Morgan fingerprint density at radius 3 is 2.44 bits per heavy atom. The predicted octanol–water partition coefficient (Wildman–Crippen LogP) is 4.09. The van der Waals surface area contributed by atoms with E-state index in [4.69, 9.17) is 35.8 Å². The minimum atomic E-state index is -3.04. The maximum absolute atomic E-state index is 15.0. The largest absolute Gasteiger partial charge is 0.565 e. The second-order valence-electron chi connectivity index (χ2n) is 10.3. The number of carbonyl (C=O) groups excluding carboxylic acids is 2. The molecular formula is C31H39ClFN6O8P. The van der Waals surface area contributed by atoms with E-state index in [0.29, 0.717) is 23.6 Å². The number of hydrogen-bond acceptors (Lipinski definition) is 12. The van der Waals surface area contributed by atoms with Gasteiger partial charge in [-0.2, -0.15) is 0 Å². The van der Waals surface area contributed by atoms with Crippen LogP contribution in [0.5, 0.6) is 11.5 Å². The number of carbonyl (C=O) groups is 2. The van der Waals surface area contributed by atoms with Crippen molar-refractivity contribution >= 4 is 48.9 Å². The van der Waals surface area contributed by atoms with Gasteiger partial charge in [0, 0.05) is 74.8 Å². The van der Waals surface area contributed by atoms with Crippen LogP contribution in [0.1, 0.15) is 25.2 Å². The van der Waals surface area contributed by atoms with Crippen LogP contribution in [-0.4, -0.2) is 85.9 Å². The number of anilines is 3. The van der Waals surface area contributed by atoms with Crippen molar-refractivity contribution in [2.75, 3.05) is 69.1 Å². The molecule has 0 radical (unpaired) electrons. The molecule has 1 fully saturated rings. The minimum Gasteiger partial charge on any atom is -0.565 e. The van der Waals surface area contributed by atoms with Gasteiger partial charge in [-0.1, -0.05) is 31.2 Å². The number of nitrogens with zero attached hydrogens (tertiary/aromatic N) is 5. The monoisotopic (exact) mass is 708 g/mol. The average Bonchev–Trinajstić information content (AvgIpc) is 3.10. The fourth-order valence-electron chi connectivity index (χ4n) is 4.89. The SMILES string of the molecule is C=CC(=O)Nc1cc(N2CCN(CC)CC2)ccc1Cc1cc(N(C)C(=O)Cc2c(F)c(OC)cc(OC)c2Cl)ncn1.O=[P+]([O-])OO.[HH]. The van der Waals surface area contributed by atoms with Crippen LogP contribution in [0, 0.1) is 5.82 Å². The molecule has 1 aromatic heterocycles. The Kier molecular flexibility index (Phi) is 14.6. The Morgan fingerprint density at radius 2 is 1.85 bits per heavy atom. The molecule has 1 saturated heterocycles. The fourth-order valence-corrected chi connectivity index (χ4v) is 5.17. The first-order chi connectivity index (χ1) is 22.9. The summed E-state index contributed by atoms with van der Waals surface area (Å²) in [6.07, 6.45) is 2.61. The third-order valence-electron chi connectivity index (χ3n) is 7.58. The molecule has 2 heterocycles. The number of likely N-dealkylation sites (N-methyl/N-ethyl adjacent to an activating group) is 2. The maximum atomic E-state index is 15.0. The molecule has 1 aliphatic heterocycles. The van der Waals surface area contributed by atoms with E-state index in [1.165, 1.54) is 37.6 Å². The molecule has 14 nitrogen and oxygen atoms in total. The quantitative estimate of drug-likeness (QED) is 0.120. The van der Waals surface area contributed by atoms with Crippen molar-refractivity contribution in [1.82, 2.24) is 14.9 Å². The van der Waals surface area contributed by atoms with Crippen molar-refractivity contribution in [3.8, 4) is 11.5 Å². The van der Waals surface area contributed by atoms with Crippen molar-refractivity contribution in [2.45, 2.75) is 19.8 Å². The van der Waals surface area contributed by atoms with Gasteiger partial charge in [0.25, 0.3) is 0 Å². The predicted molar refractivity (Wildman–Crippen MR) is 179 cm³/mol. The summed E-state index contributed by atoms with van der Waals surface area (Å²) < 4.78 is 36.9. The number of halogens is 2. The van der Waals surface area contributed by atoms with Crippen molar-refractivity contribution in [3.05, 3.63) is 77.0 Å². The van der Waals surface area contributed by atoms with Crippen LogP contribution in [0.4, 0.5) is 21.6 Å². The van der Waals surface area contributed by atoms with Gasteiger partial charge in [-0.05, 0) is 34.9 Å². The Hall–Kier alpha value is -4.24. The highest BCUT2D eigenvalue weighted by atomic mass is 35.5. The van der Waals surface area contributed by atoms with Gasteiger partial charge in [-0.15, -0.1) is 0 Å². The molecule has 2 aromatic carbocycles. The minimum absolute atomic E-state index is 0. The van der Waals surface area contributed by atoms with Crippen LogP contribution < -0.4 is 29.5 Å². The van der Waals surface area contributed by atoms with E-state index in [1.54, 1.807) is 13.1 Å². The molecule has 0 aliphatic carbocycles. The highest BCUT2D eigenvalue weighted by Gasteiger charge is 2.24. The molecule has 260 valence electrons. The molecule has 0 saturated carbocycles. The van der Waals surface area contributed by atoms with Crippen LogP contribution in [-0.2, 0) is 31.7 Å². The van der Waals surface area contributed by atoms with Gasteiger partial charge in [-0.25, -0.2) is 19.6 Å². The van der Waals surface area contributed by atoms with Crippen LogP contribution in [0.2, 0.25) is 5.02 Å². The summed E-state index contributed by atoms with van der Waals surface area (Å²) in [5.41, 5.74) is 3.09. The topological polar surface area (TPSA) is 170 Å². The van der Waals surface area contributed by atoms with E-state index in [1.807, 2.05) is 18.2 Å². The van der Waals surface area contributed by atoms with Gasteiger partial charge in [0.05, 0.1) is 31.4 Å². The van der Waals surface area contributed by atoms with Crippen molar-refractivity contribution in [3.63, 3.8) is 0 Å². The van der Waals surface area contributed by atoms with Crippen LogP contribution in [0.3, 0.4) is 0 Å². The Bertz CT molecular complexity index is 1600. The van der Waals surface area contributed by atoms with Crippen molar-refractivity contribution < 1.29 is 44.3 Å². The van der Waals surface area contributed by atoms with Gasteiger partial charge in [0.1, 0.15) is 17.9 Å². The molecule has 17 heteroatoms. The second-order valence-corrected chi connectivity index (χ2v) is 11.3. The number of aromatic nitrogens is 2. The normalized spacial score (nSPS) is 13.2. The molecule has 1 aliphatic rings. The zero-order valence-corrected chi connectivity index (χ0v) is 28.6. The van der Waals surface area contributed by atoms with Crippen LogP contribution in [0.25, 0.3) is 0 Å². The van der Waals surface area contributed by atoms with E-state index >= 15 is 4.39 Å². The smallest absolute Gasteiger partial charge is 0.521 e. The third-order valence-corrected chi connectivity index (χ3v) is 8.13. The maximum Gasteiger partial charge on any atom is 0.521 e. The molecule has 2 N–H and O–H groups in total. The standard InChI is InChI=1S/C31H36ClFN6O4.HO4P.H2/c1-6-28(40)36-24-16-22(39-12-10-38(7-2)11-13-39)9-8-20(24)14-21-15-27(35-19-34-21)37(3)29(41)17-23-30(32)25(42-4)18-26(43-5)31(23)33;1-4-5(2)3;/h6,8-9,15-16,18-19H,1,7,10-14,17H2,2-5H3,(H,36,40);1H;1H. The number of hydrogen-bond donors (Lipinski definition) is 2. The Labute approximate surface area is 285 Å². The zero-order chi connectivity index (χ0) is 35.4. The molecule has 4 rings (SSSR count). The van der Waals surface area contributed by atoms with Crippen molar-refractivity contribution in [2.24, 2.45) is 0 Å². The first-order valence-electron chi connectivity index (χ1n) is 14.6. The second kappa shape index (κ2) is 18.3. The third kappa shape index (κ3) is 10.1. The number of piperazine rings is 1. The Balaban J connectivity index is 0.00000129. The molecule has 1 unspecified atom stereocenters. The average molecular weight is 709 g/mol. The van der Waals surface area contributed by atoms with Gasteiger partial charge >= 0.3 is 8.25 Å². The lowest BCUT2D eigenvalue weighted by Crippen LogP contribution is -2.46. The molecule has 48 heavy (non-hydrogen) atoms. The number of amides is 2. The molecule has 0 bridgehead atoms. The highest BCUT2D eigenvalue weighted by Crippen LogP contribution is 2.37. The van der Waals surface area contributed by atoms with Gasteiger partial charge in [-0.3, -0.25) is 14.5 Å². The molecule has 0 spiro atoms. The first-order valence-corrected chi connectivity index (χ1v) is 16.1. The first kappa shape index (κ1) is 38.2. The number of benzene rings is 2. The summed E-state index contributed by atoms with van der Waals surface area (Å²) in [7, 11) is 1.22. The summed E-state index contributed by atoms with van der Waals surface area (Å²) in [5, 5.41) is 9.96. The lowest BCUT2D eigenvalue weighted by molar-refractivity contribution is -0.244. The van der Waals surface area contributed by atoms with Gasteiger partial charge in [0.2, 0.25) is 11.8 Å². The lowest BCUT2D eigenvalue weighted by Gasteiger charge is -2.35. The van der Waals surface area contributed by atoms with Gasteiger partial charge in [0.15, 0.2) is 11.6 Å². The fraction of sp³-hybridized carbons (Fsp3) is 0.355. The van der Waals surface area contributed by atoms with E-state index in [9.17, 15) is 9.59 Å². The van der Waals surface area contributed by atoms with Gasteiger partial charge < -0.3 is 29.5 Å². The molecule has 3 aromatic rings. The van der Waals surface area contributed by atoms with E-state index in [0.717, 1.165) is 44.0 Å². The summed E-state index contributed by atoms with van der Waals surface area (Å²) in [6.45, 7) is 10.5. The highest BCUT2D eigenvalue weighted by molar-refractivity contribution is 7.30.